The zero-order chi connectivity index (χ0) is 13.8. The van der Waals surface area contributed by atoms with Crippen LogP contribution in [0.4, 0.5) is 0 Å². The maximum atomic E-state index is 12.2. The molecule has 0 saturated heterocycles. The molecular weight excluding hydrogens is 328 g/mol. The lowest BCUT2D eigenvalue weighted by Crippen LogP contribution is -2.26. The fourth-order valence-corrected chi connectivity index (χ4v) is 2.36. The number of amides is 1. The summed E-state index contributed by atoms with van der Waals surface area (Å²) in [4.78, 5) is 17.7. The highest BCUT2D eigenvalue weighted by atomic mass is 79.9. The molecule has 0 radical (unpaired) electrons. The van der Waals surface area contributed by atoms with E-state index >= 15 is 0 Å². The highest BCUT2D eigenvalue weighted by Crippen LogP contribution is 2.15. The number of hydrogen-bond donors (Lipinski definition) is 0. The second-order valence-electron chi connectivity index (χ2n) is 4.16. The first-order valence-corrected chi connectivity index (χ1v) is 6.85. The van der Waals surface area contributed by atoms with Gasteiger partial charge in [-0.05, 0) is 29.8 Å². The van der Waals surface area contributed by atoms with E-state index in [0.717, 1.165) is 10.0 Å². The van der Waals surface area contributed by atoms with E-state index < -0.39 is 0 Å². The van der Waals surface area contributed by atoms with Gasteiger partial charge in [-0.2, -0.15) is 0 Å². The fourth-order valence-electron chi connectivity index (χ4n) is 1.74. The first-order chi connectivity index (χ1) is 9.06. The molecule has 1 amide bonds. The van der Waals surface area contributed by atoms with Gasteiger partial charge in [0.05, 0.1) is 0 Å². The van der Waals surface area contributed by atoms with Gasteiger partial charge in [0, 0.05) is 29.8 Å². The molecule has 1 aromatic heterocycles. The largest absolute Gasteiger partial charge is 0.337 e. The summed E-state index contributed by atoms with van der Waals surface area (Å²) >= 11 is 9.20. The summed E-state index contributed by atoms with van der Waals surface area (Å²) < 4.78 is 0.998. The Morgan fingerprint density at radius 1 is 1.37 bits per heavy atom. The Morgan fingerprint density at radius 3 is 2.84 bits per heavy atom. The van der Waals surface area contributed by atoms with Gasteiger partial charge in [-0.1, -0.05) is 39.7 Å². The van der Waals surface area contributed by atoms with E-state index in [-0.39, 0.29) is 5.91 Å². The van der Waals surface area contributed by atoms with E-state index in [0.29, 0.717) is 17.3 Å². The van der Waals surface area contributed by atoms with Crippen LogP contribution in [-0.2, 0) is 6.54 Å². The van der Waals surface area contributed by atoms with Gasteiger partial charge in [0.2, 0.25) is 0 Å². The summed E-state index contributed by atoms with van der Waals surface area (Å²) in [5, 5.41) is 0.321. The number of nitrogens with zero attached hydrogens (tertiary/aromatic N) is 2. The van der Waals surface area contributed by atoms with Crippen LogP contribution in [-0.4, -0.2) is 22.8 Å². The first-order valence-electron chi connectivity index (χ1n) is 5.68. The zero-order valence-electron chi connectivity index (χ0n) is 10.3. The SMILES string of the molecule is CN(Cc1cccc(Br)c1)C(=O)c1ccnc(Cl)c1. The molecule has 0 aliphatic rings. The van der Waals surface area contributed by atoms with E-state index in [9.17, 15) is 4.79 Å². The standard InChI is InChI=1S/C14H12BrClN2O/c1-18(9-10-3-2-4-12(15)7-10)14(19)11-5-6-17-13(16)8-11/h2-8H,9H2,1H3. The number of benzene rings is 1. The summed E-state index contributed by atoms with van der Waals surface area (Å²) in [6.45, 7) is 0.540. The molecule has 0 aliphatic heterocycles. The Kier molecular flexibility index (Phi) is 4.56. The van der Waals surface area contributed by atoms with Crippen molar-refractivity contribution in [3.05, 3.63) is 63.3 Å². The van der Waals surface area contributed by atoms with Crippen LogP contribution in [0, 0.1) is 0 Å². The Bertz CT molecular complexity index is 604. The third kappa shape index (κ3) is 3.78. The zero-order valence-corrected chi connectivity index (χ0v) is 12.6. The minimum absolute atomic E-state index is 0.0794. The highest BCUT2D eigenvalue weighted by Gasteiger charge is 2.12. The molecular formula is C14H12BrClN2O. The van der Waals surface area contributed by atoms with Gasteiger partial charge in [0.15, 0.2) is 0 Å². The van der Waals surface area contributed by atoms with Gasteiger partial charge in [-0.3, -0.25) is 4.79 Å². The van der Waals surface area contributed by atoms with E-state index in [2.05, 4.69) is 20.9 Å². The molecule has 5 heteroatoms. The molecule has 19 heavy (non-hydrogen) atoms. The number of carbonyl (C=O) groups is 1. The van der Waals surface area contributed by atoms with E-state index in [1.165, 1.54) is 6.20 Å². The summed E-state index contributed by atoms with van der Waals surface area (Å²) in [7, 11) is 1.76. The number of hydrogen-bond acceptors (Lipinski definition) is 2. The maximum Gasteiger partial charge on any atom is 0.254 e. The lowest BCUT2D eigenvalue weighted by molar-refractivity contribution is 0.0785. The minimum atomic E-state index is -0.0794. The van der Waals surface area contributed by atoms with Crippen LogP contribution in [0.5, 0.6) is 0 Å². The van der Waals surface area contributed by atoms with Crippen LogP contribution in [0.1, 0.15) is 15.9 Å². The van der Waals surface area contributed by atoms with Crippen molar-refractivity contribution in [2.75, 3.05) is 7.05 Å². The molecule has 0 saturated carbocycles. The van der Waals surface area contributed by atoms with Crippen molar-refractivity contribution in [1.29, 1.82) is 0 Å². The predicted octanol–water partition coefficient (Wildman–Crippen LogP) is 3.77. The lowest BCUT2D eigenvalue weighted by atomic mass is 10.2. The van der Waals surface area contributed by atoms with Crippen molar-refractivity contribution in [2.45, 2.75) is 6.54 Å². The van der Waals surface area contributed by atoms with Gasteiger partial charge in [0.25, 0.3) is 5.91 Å². The van der Waals surface area contributed by atoms with Crippen molar-refractivity contribution in [1.82, 2.24) is 9.88 Å². The summed E-state index contributed by atoms with van der Waals surface area (Å²) in [5.41, 5.74) is 1.60. The Hall–Kier alpha value is -1.39. The molecule has 1 heterocycles. The fraction of sp³-hybridized carbons (Fsp3) is 0.143. The quantitative estimate of drug-likeness (QED) is 0.798. The van der Waals surface area contributed by atoms with Crippen molar-refractivity contribution in [3.63, 3.8) is 0 Å². The van der Waals surface area contributed by atoms with Gasteiger partial charge < -0.3 is 4.90 Å². The summed E-state index contributed by atoms with van der Waals surface area (Å²) in [5.74, 6) is -0.0794. The predicted molar refractivity (Wildman–Crippen MR) is 79.2 cm³/mol. The van der Waals surface area contributed by atoms with Crippen LogP contribution in [0.25, 0.3) is 0 Å². The average molecular weight is 340 g/mol. The van der Waals surface area contributed by atoms with Gasteiger partial charge >= 0.3 is 0 Å². The molecule has 0 aliphatic carbocycles. The number of halogens is 2. The number of rotatable bonds is 3. The Morgan fingerprint density at radius 2 is 2.16 bits per heavy atom. The van der Waals surface area contributed by atoms with Crippen LogP contribution in [0.2, 0.25) is 5.15 Å². The number of pyridine rings is 1. The molecule has 98 valence electrons. The van der Waals surface area contributed by atoms with E-state index in [1.807, 2.05) is 24.3 Å². The maximum absolute atomic E-state index is 12.2. The second-order valence-corrected chi connectivity index (χ2v) is 5.46. The molecule has 0 bridgehead atoms. The average Bonchev–Trinajstić information content (AvgIpc) is 2.38. The van der Waals surface area contributed by atoms with Crippen LogP contribution < -0.4 is 0 Å². The van der Waals surface area contributed by atoms with Crippen molar-refractivity contribution < 1.29 is 4.79 Å². The summed E-state index contributed by atoms with van der Waals surface area (Å²) in [6.07, 6.45) is 1.53. The topological polar surface area (TPSA) is 33.2 Å². The van der Waals surface area contributed by atoms with Crippen LogP contribution in [0.15, 0.2) is 47.1 Å². The van der Waals surface area contributed by atoms with Crippen LogP contribution >= 0.6 is 27.5 Å². The monoisotopic (exact) mass is 338 g/mol. The molecule has 3 nitrogen and oxygen atoms in total. The molecule has 0 fully saturated rings. The van der Waals surface area contributed by atoms with Gasteiger partial charge in [0.1, 0.15) is 5.15 Å². The smallest absolute Gasteiger partial charge is 0.254 e. The van der Waals surface area contributed by atoms with E-state index in [4.69, 9.17) is 11.6 Å². The lowest BCUT2D eigenvalue weighted by Gasteiger charge is -2.17. The van der Waals surface area contributed by atoms with Crippen molar-refractivity contribution >= 4 is 33.4 Å². The Balaban J connectivity index is 2.12. The molecule has 1 aromatic carbocycles. The molecule has 0 N–H and O–H groups in total. The van der Waals surface area contributed by atoms with Gasteiger partial charge in [-0.25, -0.2) is 4.98 Å². The third-order valence-electron chi connectivity index (χ3n) is 2.63. The molecule has 2 aromatic rings. The molecule has 0 unspecified atom stereocenters. The first kappa shape index (κ1) is 14.0. The molecule has 0 atom stereocenters. The van der Waals surface area contributed by atoms with E-state index in [1.54, 1.807) is 24.1 Å². The van der Waals surface area contributed by atoms with Crippen molar-refractivity contribution in [2.24, 2.45) is 0 Å². The molecule has 0 spiro atoms. The van der Waals surface area contributed by atoms with Gasteiger partial charge in [-0.15, -0.1) is 0 Å². The highest BCUT2D eigenvalue weighted by molar-refractivity contribution is 9.10. The second kappa shape index (κ2) is 6.17. The Labute approximate surface area is 125 Å². The molecule has 2 rings (SSSR count). The third-order valence-corrected chi connectivity index (χ3v) is 3.33. The van der Waals surface area contributed by atoms with Crippen LogP contribution in [0.3, 0.4) is 0 Å². The van der Waals surface area contributed by atoms with Crippen molar-refractivity contribution in [3.8, 4) is 0 Å². The summed E-state index contributed by atoms with van der Waals surface area (Å²) in [6, 6.07) is 11.1. The number of carbonyl (C=O) groups excluding carboxylic acids is 1. The normalized spacial score (nSPS) is 10.3. The number of aromatic nitrogens is 1. The minimum Gasteiger partial charge on any atom is -0.337 e.